The van der Waals surface area contributed by atoms with Crippen molar-refractivity contribution in [3.8, 4) is 0 Å². The Morgan fingerprint density at radius 1 is 1.47 bits per heavy atom. The van der Waals surface area contributed by atoms with Gasteiger partial charge < -0.3 is 11.1 Å². The first-order chi connectivity index (χ1) is 8.92. The highest BCUT2D eigenvalue weighted by atomic mass is 19.1. The van der Waals surface area contributed by atoms with Crippen LogP contribution in [-0.4, -0.2) is 29.9 Å². The average molecular weight is 267 g/mol. The van der Waals surface area contributed by atoms with Gasteiger partial charge in [-0.3, -0.25) is 9.69 Å². The zero-order valence-electron chi connectivity index (χ0n) is 11.7. The zero-order valence-corrected chi connectivity index (χ0v) is 11.7. The number of amides is 1. The van der Waals surface area contributed by atoms with Crippen LogP contribution in [0.15, 0.2) is 18.2 Å². The van der Waals surface area contributed by atoms with E-state index in [9.17, 15) is 9.18 Å². The average Bonchev–Trinajstić information content (AvgIpc) is 2.30. The summed E-state index contributed by atoms with van der Waals surface area (Å²) in [7, 11) is 0. The van der Waals surface area contributed by atoms with Crippen LogP contribution in [0.25, 0.3) is 0 Å². The molecule has 4 nitrogen and oxygen atoms in total. The molecule has 0 aliphatic carbocycles. The van der Waals surface area contributed by atoms with Gasteiger partial charge in [-0.2, -0.15) is 0 Å². The third-order valence-electron chi connectivity index (χ3n) is 2.74. The molecule has 1 amide bonds. The summed E-state index contributed by atoms with van der Waals surface area (Å²) < 4.78 is 13.7. The maximum absolute atomic E-state index is 13.7. The fraction of sp³-hybridized carbons (Fsp3) is 0.500. The van der Waals surface area contributed by atoms with Gasteiger partial charge in [0, 0.05) is 23.8 Å². The molecular formula is C14H22FN3O. The Morgan fingerprint density at radius 3 is 2.68 bits per heavy atom. The van der Waals surface area contributed by atoms with E-state index < -0.39 is 0 Å². The van der Waals surface area contributed by atoms with Crippen LogP contribution in [0.1, 0.15) is 26.3 Å². The molecule has 0 spiro atoms. The molecule has 19 heavy (non-hydrogen) atoms. The van der Waals surface area contributed by atoms with Crippen LogP contribution in [0, 0.1) is 5.82 Å². The van der Waals surface area contributed by atoms with Crippen molar-refractivity contribution in [1.82, 2.24) is 10.2 Å². The van der Waals surface area contributed by atoms with Gasteiger partial charge in [0.05, 0.1) is 6.54 Å². The Kier molecular flexibility index (Phi) is 5.76. The first-order valence-corrected chi connectivity index (χ1v) is 6.48. The molecule has 1 aromatic carbocycles. The minimum absolute atomic E-state index is 0.0484. The van der Waals surface area contributed by atoms with E-state index in [1.807, 2.05) is 25.7 Å². The molecular weight excluding hydrogens is 245 g/mol. The molecule has 0 radical (unpaired) electrons. The summed E-state index contributed by atoms with van der Waals surface area (Å²) in [4.78, 5) is 13.6. The smallest absolute Gasteiger partial charge is 0.234 e. The van der Waals surface area contributed by atoms with Crippen molar-refractivity contribution in [3.05, 3.63) is 29.6 Å². The van der Waals surface area contributed by atoms with Crippen molar-refractivity contribution in [2.45, 2.75) is 33.4 Å². The van der Waals surface area contributed by atoms with E-state index in [1.165, 1.54) is 6.07 Å². The van der Waals surface area contributed by atoms with Crippen LogP contribution >= 0.6 is 0 Å². The van der Waals surface area contributed by atoms with E-state index in [-0.39, 0.29) is 24.3 Å². The fourth-order valence-electron chi connectivity index (χ4n) is 1.78. The molecule has 1 rings (SSSR count). The van der Waals surface area contributed by atoms with Crippen LogP contribution in [-0.2, 0) is 11.3 Å². The van der Waals surface area contributed by atoms with E-state index >= 15 is 0 Å². The highest BCUT2D eigenvalue weighted by Crippen LogP contribution is 2.13. The first-order valence-electron chi connectivity index (χ1n) is 6.48. The standard InChI is InChI=1S/C14H22FN3O/c1-4-18(9-14(19)17-10(2)3)8-11-5-6-12(16)7-13(11)15/h5-7,10H,4,8-9,16H2,1-3H3,(H,17,19). The molecule has 3 N–H and O–H groups in total. The predicted molar refractivity (Wildman–Crippen MR) is 75.0 cm³/mol. The van der Waals surface area contributed by atoms with E-state index in [2.05, 4.69) is 5.32 Å². The molecule has 0 saturated heterocycles. The second-order valence-corrected chi connectivity index (χ2v) is 4.88. The molecule has 0 unspecified atom stereocenters. The van der Waals surface area contributed by atoms with Gasteiger partial charge >= 0.3 is 0 Å². The number of nitrogens with zero attached hydrogens (tertiary/aromatic N) is 1. The van der Waals surface area contributed by atoms with E-state index in [0.717, 1.165) is 0 Å². The number of nitrogens with two attached hydrogens (primary N) is 1. The number of benzene rings is 1. The van der Waals surface area contributed by atoms with Crippen LogP contribution in [0.3, 0.4) is 0 Å². The summed E-state index contributed by atoms with van der Waals surface area (Å²) in [5.41, 5.74) is 6.46. The number of carbonyl (C=O) groups excluding carboxylic acids is 1. The quantitative estimate of drug-likeness (QED) is 0.772. The lowest BCUT2D eigenvalue weighted by Gasteiger charge is -2.21. The molecule has 0 heterocycles. The van der Waals surface area contributed by atoms with Crippen LogP contribution in [0.2, 0.25) is 0 Å². The number of hydrogen-bond acceptors (Lipinski definition) is 3. The number of hydrogen-bond donors (Lipinski definition) is 2. The van der Waals surface area contributed by atoms with Crippen LogP contribution in [0.4, 0.5) is 10.1 Å². The van der Waals surface area contributed by atoms with Gasteiger partial charge in [0.2, 0.25) is 5.91 Å². The highest BCUT2D eigenvalue weighted by molar-refractivity contribution is 5.78. The van der Waals surface area contributed by atoms with Gasteiger partial charge in [-0.05, 0) is 32.5 Å². The fourth-order valence-corrected chi connectivity index (χ4v) is 1.78. The topological polar surface area (TPSA) is 58.4 Å². The summed E-state index contributed by atoms with van der Waals surface area (Å²) in [5, 5.41) is 2.82. The minimum Gasteiger partial charge on any atom is -0.399 e. The van der Waals surface area contributed by atoms with Crippen molar-refractivity contribution < 1.29 is 9.18 Å². The van der Waals surface area contributed by atoms with E-state index in [1.54, 1.807) is 12.1 Å². The summed E-state index contributed by atoms with van der Waals surface area (Å²) in [6, 6.07) is 4.74. The summed E-state index contributed by atoms with van der Waals surface area (Å²) in [5.74, 6) is -0.379. The summed E-state index contributed by atoms with van der Waals surface area (Å²) in [6.45, 7) is 7.10. The largest absolute Gasteiger partial charge is 0.399 e. The lowest BCUT2D eigenvalue weighted by molar-refractivity contribution is -0.122. The van der Waals surface area contributed by atoms with Crippen molar-refractivity contribution >= 4 is 11.6 Å². The third-order valence-corrected chi connectivity index (χ3v) is 2.74. The molecule has 0 saturated carbocycles. The molecule has 0 atom stereocenters. The highest BCUT2D eigenvalue weighted by Gasteiger charge is 2.12. The van der Waals surface area contributed by atoms with Crippen LogP contribution in [0.5, 0.6) is 0 Å². The summed E-state index contributed by atoms with van der Waals surface area (Å²) >= 11 is 0. The Labute approximate surface area is 113 Å². The van der Waals surface area contributed by atoms with Crippen molar-refractivity contribution in [1.29, 1.82) is 0 Å². The number of likely N-dealkylation sites (N-methyl/N-ethyl adjacent to an activating group) is 1. The number of anilines is 1. The van der Waals surface area contributed by atoms with E-state index in [4.69, 9.17) is 5.73 Å². The third kappa shape index (κ3) is 5.26. The first kappa shape index (κ1) is 15.4. The van der Waals surface area contributed by atoms with Crippen molar-refractivity contribution in [2.24, 2.45) is 0 Å². The van der Waals surface area contributed by atoms with Gasteiger partial charge in [-0.25, -0.2) is 4.39 Å². The predicted octanol–water partition coefficient (Wildman–Crippen LogP) is 1.75. The Morgan fingerprint density at radius 2 is 2.16 bits per heavy atom. The molecule has 1 aromatic rings. The maximum Gasteiger partial charge on any atom is 0.234 e. The lowest BCUT2D eigenvalue weighted by Crippen LogP contribution is -2.39. The monoisotopic (exact) mass is 267 g/mol. The minimum atomic E-state index is -0.331. The Balaban J connectivity index is 2.63. The van der Waals surface area contributed by atoms with Gasteiger partial charge in [0.25, 0.3) is 0 Å². The SMILES string of the molecule is CCN(CC(=O)NC(C)C)Cc1ccc(N)cc1F. The molecule has 0 fully saturated rings. The van der Waals surface area contributed by atoms with Crippen LogP contribution < -0.4 is 11.1 Å². The molecule has 0 bridgehead atoms. The van der Waals surface area contributed by atoms with Gasteiger partial charge in [-0.15, -0.1) is 0 Å². The zero-order chi connectivity index (χ0) is 14.4. The van der Waals surface area contributed by atoms with Crippen molar-refractivity contribution in [3.63, 3.8) is 0 Å². The molecule has 106 valence electrons. The number of nitrogens with one attached hydrogen (secondary N) is 1. The number of rotatable bonds is 6. The maximum atomic E-state index is 13.7. The summed E-state index contributed by atoms with van der Waals surface area (Å²) in [6.07, 6.45) is 0. The van der Waals surface area contributed by atoms with Gasteiger partial charge in [0.15, 0.2) is 0 Å². The molecule has 5 heteroatoms. The molecule has 0 aromatic heterocycles. The Bertz CT molecular complexity index is 435. The number of halogens is 1. The van der Waals surface area contributed by atoms with Gasteiger partial charge in [-0.1, -0.05) is 13.0 Å². The van der Waals surface area contributed by atoms with Gasteiger partial charge in [0.1, 0.15) is 5.82 Å². The Hall–Kier alpha value is -1.62. The van der Waals surface area contributed by atoms with E-state index in [0.29, 0.717) is 24.3 Å². The second kappa shape index (κ2) is 7.09. The molecule has 0 aliphatic heterocycles. The molecule has 0 aliphatic rings. The second-order valence-electron chi connectivity index (χ2n) is 4.88. The number of carbonyl (C=O) groups is 1. The number of nitrogen functional groups attached to an aromatic ring is 1. The lowest BCUT2D eigenvalue weighted by atomic mass is 10.2. The van der Waals surface area contributed by atoms with Crippen molar-refractivity contribution in [2.75, 3.05) is 18.8 Å². The normalized spacial score (nSPS) is 11.1.